The molecule has 0 radical (unpaired) electrons. The Morgan fingerprint density at radius 3 is 2.44 bits per heavy atom. The van der Waals surface area contributed by atoms with Crippen LogP contribution in [0.15, 0.2) is 59.4 Å². The second kappa shape index (κ2) is 9.13. The Labute approximate surface area is 199 Å². The summed E-state index contributed by atoms with van der Waals surface area (Å²) in [6.07, 6.45) is -7.13. The van der Waals surface area contributed by atoms with Crippen LogP contribution in [0.1, 0.15) is 45.8 Å². The van der Waals surface area contributed by atoms with Crippen LogP contribution in [0.3, 0.4) is 0 Å². The Morgan fingerprint density at radius 2 is 1.81 bits per heavy atom. The predicted octanol–water partition coefficient (Wildman–Crippen LogP) is 6.14. The Kier molecular flexibility index (Phi) is 6.33. The molecule has 13 heteroatoms. The lowest BCUT2D eigenvalue weighted by Gasteiger charge is -2.20. The highest BCUT2D eigenvalue weighted by Crippen LogP contribution is 2.40. The Balaban J connectivity index is 1.59. The largest absolute Gasteiger partial charge is 0.416 e. The van der Waals surface area contributed by atoms with Crippen LogP contribution >= 0.6 is 0 Å². The van der Waals surface area contributed by atoms with Crippen LogP contribution in [-0.4, -0.2) is 25.8 Å². The number of amides is 1. The van der Waals surface area contributed by atoms with Gasteiger partial charge in [0.25, 0.3) is 5.91 Å². The number of nitrogens with one attached hydrogen (secondary N) is 1. The summed E-state index contributed by atoms with van der Waals surface area (Å²) in [7, 11) is 0. The van der Waals surface area contributed by atoms with Gasteiger partial charge < -0.3 is 9.84 Å². The van der Waals surface area contributed by atoms with Gasteiger partial charge in [0.1, 0.15) is 5.69 Å². The van der Waals surface area contributed by atoms with Crippen LogP contribution in [0.4, 0.5) is 32.0 Å². The summed E-state index contributed by atoms with van der Waals surface area (Å²) in [6, 6.07) is 6.81. The molecular weight excluding hydrogens is 492 g/mol. The standard InChI is InChI=1S/C23H17F6N5O2/c1-12-19(31-21(35)18-10-20(36-33-18)17-5-3-4-8-30-17)11-34(32-12)13(2)15-7-6-14(22(24,25)26)9-16(15)23(27,28)29/h3-11,13H,1-2H3,(H,31,35)/t13-/m1/s1. The van der Waals surface area contributed by atoms with Gasteiger partial charge >= 0.3 is 12.4 Å². The van der Waals surface area contributed by atoms with Crippen LogP contribution in [0.2, 0.25) is 0 Å². The number of pyridine rings is 1. The molecule has 1 aromatic carbocycles. The van der Waals surface area contributed by atoms with Crippen molar-refractivity contribution >= 4 is 11.6 Å². The van der Waals surface area contributed by atoms with Gasteiger partial charge in [-0.2, -0.15) is 31.4 Å². The van der Waals surface area contributed by atoms with Crippen LogP contribution in [0.5, 0.6) is 0 Å². The highest BCUT2D eigenvalue weighted by atomic mass is 19.4. The first-order chi connectivity index (χ1) is 16.8. The lowest BCUT2D eigenvalue weighted by Crippen LogP contribution is -2.18. The fraction of sp³-hybridized carbons (Fsp3) is 0.217. The van der Waals surface area contributed by atoms with E-state index in [0.717, 1.165) is 10.7 Å². The second-order valence-electron chi connectivity index (χ2n) is 7.83. The first-order valence-corrected chi connectivity index (χ1v) is 10.4. The van der Waals surface area contributed by atoms with Crippen molar-refractivity contribution in [2.45, 2.75) is 32.2 Å². The molecular formula is C23H17F6N5O2. The third-order valence-electron chi connectivity index (χ3n) is 5.36. The minimum Gasteiger partial charge on any atom is -0.354 e. The smallest absolute Gasteiger partial charge is 0.354 e. The summed E-state index contributed by atoms with van der Waals surface area (Å²) in [5.41, 5.74) is -2.41. The number of aryl methyl sites for hydroxylation is 1. The van der Waals surface area contributed by atoms with Crippen molar-refractivity contribution in [2.24, 2.45) is 0 Å². The summed E-state index contributed by atoms with van der Waals surface area (Å²) in [4.78, 5) is 16.7. The van der Waals surface area contributed by atoms with Gasteiger partial charge in [0.05, 0.1) is 28.6 Å². The molecule has 1 atom stereocenters. The van der Waals surface area contributed by atoms with Crippen molar-refractivity contribution in [3.05, 3.63) is 82.9 Å². The number of aromatic nitrogens is 4. The quantitative estimate of drug-likeness (QED) is 0.327. The first-order valence-electron chi connectivity index (χ1n) is 10.4. The molecule has 7 nitrogen and oxygen atoms in total. The molecule has 4 rings (SSSR count). The number of benzene rings is 1. The molecule has 0 unspecified atom stereocenters. The Bertz CT molecular complexity index is 1390. The molecule has 0 aliphatic heterocycles. The average molecular weight is 509 g/mol. The Hall–Kier alpha value is -4.16. The van der Waals surface area contributed by atoms with Crippen LogP contribution in [-0.2, 0) is 12.4 Å². The molecule has 0 fully saturated rings. The van der Waals surface area contributed by atoms with E-state index in [1.165, 1.54) is 32.3 Å². The molecule has 36 heavy (non-hydrogen) atoms. The maximum atomic E-state index is 13.6. The zero-order valence-electron chi connectivity index (χ0n) is 18.6. The summed E-state index contributed by atoms with van der Waals surface area (Å²) < 4.78 is 86.0. The van der Waals surface area contributed by atoms with Crippen molar-refractivity contribution in [3.8, 4) is 11.5 Å². The molecule has 4 aromatic rings. The van der Waals surface area contributed by atoms with Gasteiger partial charge in [-0.05, 0) is 43.7 Å². The number of carbonyl (C=O) groups is 1. The second-order valence-corrected chi connectivity index (χ2v) is 7.83. The number of alkyl halides is 6. The Morgan fingerprint density at radius 1 is 1.06 bits per heavy atom. The molecule has 0 aliphatic carbocycles. The summed E-state index contributed by atoms with van der Waals surface area (Å²) in [5, 5.41) is 10.4. The molecule has 0 aliphatic rings. The third kappa shape index (κ3) is 5.09. The van der Waals surface area contributed by atoms with Crippen LogP contribution < -0.4 is 5.32 Å². The number of carbonyl (C=O) groups excluding carboxylic acids is 1. The minimum atomic E-state index is -5.03. The number of hydrogen-bond donors (Lipinski definition) is 1. The van der Waals surface area contributed by atoms with Gasteiger partial charge in [0, 0.05) is 18.5 Å². The molecule has 3 aromatic heterocycles. The van der Waals surface area contributed by atoms with E-state index in [1.807, 2.05) is 0 Å². The lowest BCUT2D eigenvalue weighted by molar-refractivity contribution is -0.143. The van der Waals surface area contributed by atoms with Gasteiger partial charge in [-0.15, -0.1) is 0 Å². The normalized spacial score (nSPS) is 13.0. The number of rotatable bonds is 5. The zero-order valence-corrected chi connectivity index (χ0v) is 18.6. The molecule has 0 saturated heterocycles. The highest BCUT2D eigenvalue weighted by molar-refractivity contribution is 6.03. The molecule has 1 amide bonds. The fourth-order valence-electron chi connectivity index (χ4n) is 3.49. The SMILES string of the molecule is Cc1nn([C@H](C)c2ccc(C(F)(F)F)cc2C(F)(F)F)cc1NC(=O)c1cc(-c2ccccn2)on1. The molecule has 3 heterocycles. The highest BCUT2D eigenvalue weighted by Gasteiger charge is 2.39. The predicted molar refractivity (Wildman–Crippen MR) is 115 cm³/mol. The van der Waals surface area contributed by atoms with Crippen molar-refractivity contribution in [1.29, 1.82) is 0 Å². The number of anilines is 1. The van der Waals surface area contributed by atoms with Crippen molar-refractivity contribution in [1.82, 2.24) is 19.9 Å². The maximum absolute atomic E-state index is 13.6. The van der Waals surface area contributed by atoms with Gasteiger partial charge in [0.2, 0.25) is 0 Å². The van der Waals surface area contributed by atoms with E-state index >= 15 is 0 Å². The van der Waals surface area contributed by atoms with Gasteiger partial charge in [-0.25, -0.2) is 0 Å². The van der Waals surface area contributed by atoms with E-state index in [4.69, 9.17) is 4.52 Å². The molecule has 0 bridgehead atoms. The monoisotopic (exact) mass is 509 g/mol. The zero-order chi connectivity index (χ0) is 26.3. The molecule has 0 saturated carbocycles. The fourth-order valence-corrected chi connectivity index (χ4v) is 3.49. The topological polar surface area (TPSA) is 85.8 Å². The lowest BCUT2D eigenvalue weighted by atomic mass is 9.98. The van der Waals surface area contributed by atoms with Crippen molar-refractivity contribution in [2.75, 3.05) is 5.32 Å². The molecule has 1 N–H and O–H groups in total. The first kappa shape index (κ1) is 24.9. The van der Waals surface area contributed by atoms with Crippen molar-refractivity contribution < 1.29 is 35.7 Å². The van der Waals surface area contributed by atoms with E-state index < -0.39 is 41.0 Å². The third-order valence-corrected chi connectivity index (χ3v) is 5.36. The van der Waals surface area contributed by atoms with Crippen LogP contribution in [0, 0.1) is 6.92 Å². The van der Waals surface area contributed by atoms with Crippen molar-refractivity contribution in [3.63, 3.8) is 0 Å². The number of halogens is 6. The number of nitrogens with zero attached hydrogens (tertiary/aromatic N) is 4. The van der Waals surface area contributed by atoms with E-state index in [1.54, 1.807) is 18.2 Å². The maximum Gasteiger partial charge on any atom is 0.416 e. The summed E-state index contributed by atoms with van der Waals surface area (Å²) >= 11 is 0. The average Bonchev–Trinajstić information content (AvgIpc) is 3.45. The van der Waals surface area contributed by atoms with Gasteiger partial charge in [0.15, 0.2) is 11.5 Å². The van der Waals surface area contributed by atoms with E-state index in [2.05, 4.69) is 20.6 Å². The van der Waals surface area contributed by atoms with Crippen LogP contribution in [0.25, 0.3) is 11.5 Å². The molecule has 188 valence electrons. The summed E-state index contributed by atoms with van der Waals surface area (Å²) in [5.74, 6) is -0.412. The van der Waals surface area contributed by atoms with Gasteiger partial charge in [-0.3, -0.25) is 14.5 Å². The minimum absolute atomic E-state index is 0.0713. The van der Waals surface area contributed by atoms with E-state index in [9.17, 15) is 31.1 Å². The van der Waals surface area contributed by atoms with E-state index in [-0.39, 0.29) is 28.9 Å². The van der Waals surface area contributed by atoms with E-state index in [0.29, 0.717) is 11.8 Å². The molecule has 0 spiro atoms. The summed E-state index contributed by atoms with van der Waals surface area (Å²) in [6.45, 7) is 2.87. The van der Waals surface area contributed by atoms with Gasteiger partial charge in [-0.1, -0.05) is 17.3 Å². The number of hydrogen-bond acceptors (Lipinski definition) is 5.